The van der Waals surface area contributed by atoms with Crippen molar-refractivity contribution in [2.75, 3.05) is 13.7 Å². The number of nitrogens with zero attached hydrogens (tertiary/aromatic N) is 2. The lowest BCUT2D eigenvalue weighted by atomic mass is 9.76. The van der Waals surface area contributed by atoms with Crippen LogP contribution in [0.15, 0.2) is 10.7 Å². The Kier molecular flexibility index (Phi) is 6.71. The van der Waals surface area contributed by atoms with Gasteiger partial charge in [0.25, 0.3) is 0 Å². The van der Waals surface area contributed by atoms with Gasteiger partial charge in [-0.1, -0.05) is 32.6 Å². The van der Waals surface area contributed by atoms with Crippen molar-refractivity contribution >= 4 is 15.9 Å². The summed E-state index contributed by atoms with van der Waals surface area (Å²) in [6, 6.07) is 0.0707. The normalized spacial score (nSPS) is 24.2. The van der Waals surface area contributed by atoms with Crippen LogP contribution in [0.1, 0.15) is 57.2 Å². The second-order valence-corrected chi connectivity index (χ2v) is 7.04. The molecule has 0 spiro atoms. The summed E-state index contributed by atoms with van der Waals surface area (Å²) in [6.07, 6.45) is 9.68. The highest BCUT2D eigenvalue weighted by Crippen LogP contribution is 2.38. The second kappa shape index (κ2) is 8.30. The predicted octanol–water partition coefficient (Wildman–Crippen LogP) is 3.90. The Morgan fingerprint density at radius 1 is 1.43 bits per heavy atom. The highest BCUT2D eigenvalue weighted by molar-refractivity contribution is 9.10. The molecule has 21 heavy (non-hydrogen) atoms. The van der Waals surface area contributed by atoms with Gasteiger partial charge in [-0.25, -0.2) is 0 Å². The molecule has 1 aliphatic rings. The average Bonchev–Trinajstić information content (AvgIpc) is 2.86. The Morgan fingerprint density at radius 3 is 2.76 bits per heavy atom. The maximum Gasteiger partial charge on any atom is 0.0697 e. The standard InChI is InChI=1S/C16H28BrN3O/c1-3-4-12-5-7-13(8-6-12)15(18)16-14(17)11-19-20(16)9-10-21-2/h11-13,15H,3-10,18H2,1-2H3. The molecular weight excluding hydrogens is 330 g/mol. The van der Waals surface area contributed by atoms with Gasteiger partial charge in [0.2, 0.25) is 0 Å². The summed E-state index contributed by atoms with van der Waals surface area (Å²) in [6.45, 7) is 3.71. The molecule has 120 valence electrons. The fourth-order valence-corrected chi connectivity index (χ4v) is 4.09. The van der Waals surface area contributed by atoms with Crippen molar-refractivity contribution in [2.45, 2.75) is 58.0 Å². The summed E-state index contributed by atoms with van der Waals surface area (Å²) in [5, 5.41) is 4.42. The van der Waals surface area contributed by atoms with Crippen LogP contribution in [-0.4, -0.2) is 23.5 Å². The van der Waals surface area contributed by atoms with Gasteiger partial charge < -0.3 is 10.5 Å². The largest absolute Gasteiger partial charge is 0.383 e. The molecule has 1 aromatic rings. The van der Waals surface area contributed by atoms with Gasteiger partial charge >= 0.3 is 0 Å². The zero-order valence-electron chi connectivity index (χ0n) is 13.2. The van der Waals surface area contributed by atoms with E-state index in [1.807, 2.05) is 10.9 Å². The van der Waals surface area contributed by atoms with Gasteiger partial charge in [0.1, 0.15) is 0 Å². The molecule has 0 amide bonds. The molecule has 1 unspecified atom stereocenters. The van der Waals surface area contributed by atoms with Crippen LogP contribution >= 0.6 is 15.9 Å². The van der Waals surface area contributed by atoms with E-state index in [-0.39, 0.29) is 6.04 Å². The SMILES string of the molecule is CCCC1CCC(C(N)c2c(Br)cnn2CCOC)CC1. The summed E-state index contributed by atoms with van der Waals surface area (Å²) in [5.74, 6) is 1.49. The first-order valence-electron chi connectivity index (χ1n) is 8.13. The average molecular weight is 358 g/mol. The molecule has 1 heterocycles. The summed E-state index contributed by atoms with van der Waals surface area (Å²) in [5.41, 5.74) is 7.71. The number of rotatable bonds is 7. The summed E-state index contributed by atoms with van der Waals surface area (Å²) in [7, 11) is 1.72. The van der Waals surface area contributed by atoms with E-state index in [4.69, 9.17) is 10.5 Å². The number of hydrogen-bond acceptors (Lipinski definition) is 3. The third-order valence-corrected chi connectivity index (χ3v) is 5.36. The van der Waals surface area contributed by atoms with E-state index in [2.05, 4.69) is 28.0 Å². The zero-order valence-corrected chi connectivity index (χ0v) is 14.8. The zero-order chi connectivity index (χ0) is 15.2. The molecule has 1 aliphatic carbocycles. The summed E-state index contributed by atoms with van der Waals surface area (Å²) < 4.78 is 8.19. The van der Waals surface area contributed by atoms with Gasteiger partial charge in [-0.15, -0.1) is 0 Å². The number of halogens is 1. The predicted molar refractivity (Wildman–Crippen MR) is 89.1 cm³/mol. The quantitative estimate of drug-likeness (QED) is 0.804. The minimum atomic E-state index is 0.0707. The van der Waals surface area contributed by atoms with Crippen LogP contribution in [0.5, 0.6) is 0 Å². The first-order chi connectivity index (χ1) is 10.2. The molecule has 0 bridgehead atoms. The molecular formula is C16H28BrN3O. The van der Waals surface area contributed by atoms with Crippen LogP contribution in [0.25, 0.3) is 0 Å². The lowest BCUT2D eigenvalue weighted by molar-refractivity contribution is 0.179. The summed E-state index contributed by atoms with van der Waals surface area (Å²) in [4.78, 5) is 0. The maximum absolute atomic E-state index is 6.58. The van der Waals surface area contributed by atoms with E-state index in [0.29, 0.717) is 12.5 Å². The van der Waals surface area contributed by atoms with Crippen LogP contribution in [0, 0.1) is 11.8 Å². The fraction of sp³-hybridized carbons (Fsp3) is 0.812. The van der Waals surface area contributed by atoms with E-state index >= 15 is 0 Å². The first kappa shape index (κ1) is 17.0. The number of nitrogens with two attached hydrogens (primary N) is 1. The van der Waals surface area contributed by atoms with E-state index in [1.165, 1.54) is 38.5 Å². The molecule has 0 aliphatic heterocycles. The lowest BCUT2D eigenvalue weighted by Crippen LogP contribution is -2.29. The summed E-state index contributed by atoms with van der Waals surface area (Å²) >= 11 is 3.61. The smallest absolute Gasteiger partial charge is 0.0697 e. The van der Waals surface area contributed by atoms with Crippen molar-refractivity contribution in [1.82, 2.24) is 9.78 Å². The molecule has 5 heteroatoms. The van der Waals surface area contributed by atoms with Gasteiger partial charge in [-0.2, -0.15) is 5.10 Å². The van der Waals surface area contributed by atoms with Crippen LogP contribution in [0.2, 0.25) is 0 Å². The van der Waals surface area contributed by atoms with Crippen LogP contribution in [0.3, 0.4) is 0 Å². The van der Waals surface area contributed by atoms with E-state index in [9.17, 15) is 0 Å². The number of ether oxygens (including phenoxy) is 1. The van der Waals surface area contributed by atoms with Crippen LogP contribution < -0.4 is 5.73 Å². The first-order valence-corrected chi connectivity index (χ1v) is 8.92. The van der Waals surface area contributed by atoms with Crippen LogP contribution in [0.4, 0.5) is 0 Å². The fourth-order valence-electron chi connectivity index (χ4n) is 3.53. The van der Waals surface area contributed by atoms with Crippen molar-refractivity contribution in [3.63, 3.8) is 0 Å². The van der Waals surface area contributed by atoms with Crippen LogP contribution in [-0.2, 0) is 11.3 Å². The monoisotopic (exact) mass is 357 g/mol. The van der Waals surface area contributed by atoms with Gasteiger partial charge in [0.05, 0.1) is 35.6 Å². The molecule has 2 rings (SSSR count). The van der Waals surface area contributed by atoms with E-state index < -0.39 is 0 Å². The van der Waals surface area contributed by atoms with Gasteiger partial charge in [0, 0.05) is 7.11 Å². The Morgan fingerprint density at radius 2 is 2.14 bits per heavy atom. The Bertz CT molecular complexity index is 427. The molecule has 0 aromatic carbocycles. The van der Waals surface area contributed by atoms with Gasteiger partial charge in [-0.05, 0) is 40.6 Å². The molecule has 1 atom stereocenters. The van der Waals surface area contributed by atoms with E-state index in [0.717, 1.165) is 22.6 Å². The van der Waals surface area contributed by atoms with E-state index in [1.54, 1.807) is 7.11 Å². The molecule has 1 aromatic heterocycles. The number of aromatic nitrogens is 2. The van der Waals surface area contributed by atoms with Crippen molar-refractivity contribution < 1.29 is 4.74 Å². The molecule has 0 saturated heterocycles. The van der Waals surface area contributed by atoms with Crippen molar-refractivity contribution in [3.05, 3.63) is 16.4 Å². The third-order valence-electron chi connectivity index (χ3n) is 4.75. The molecule has 4 nitrogen and oxygen atoms in total. The Hall–Kier alpha value is -0.390. The second-order valence-electron chi connectivity index (χ2n) is 6.19. The molecule has 2 N–H and O–H groups in total. The van der Waals surface area contributed by atoms with Gasteiger partial charge in [0.15, 0.2) is 0 Å². The lowest BCUT2D eigenvalue weighted by Gasteiger charge is -2.32. The van der Waals surface area contributed by atoms with Gasteiger partial charge in [-0.3, -0.25) is 4.68 Å². The number of hydrogen-bond donors (Lipinski definition) is 1. The maximum atomic E-state index is 6.58. The molecule has 1 saturated carbocycles. The van der Waals surface area contributed by atoms with Crippen molar-refractivity contribution in [3.8, 4) is 0 Å². The third kappa shape index (κ3) is 4.30. The van der Waals surface area contributed by atoms with Crippen molar-refractivity contribution in [1.29, 1.82) is 0 Å². The topological polar surface area (TPSA) is 53.1 Å². The van der Waals surface area contributed by atoms with Crippen molar-refractivity contribution in [2.24, 2.45) is 17.6 Å². The highest BCUT2D eigenvalue weighted by Gasteiger charge is 2.29. The highest BCUT2D eigenvalue weighted by atomic mass is 79.9. The molecule has 0 radical (unpaired) electrons. The number of methoxy groups -OCH3 is 1. The molecule has 1 fully saturated rings. The minimum Gasteiger partial charge on any atom is -0.383 e. The minimum absolute atomic E-state index is 0.0707. The Labute approximate surface area is 136 Å². The Balaban J connectivity index is 2.00.